The van der Waals surface area contributed by atoms with Crippen molar-refractivity contribution in [3.63, 3.8) is 0 Å². The van der Waals surface area contributed by atoms with Gasteiger partial charge in [-0.15, -0.1) is 11.3 Å². The van der Waals surface area contributed by atoms with Crippen molar-refractivity contribution in [2.24, 2.45) is 0 Å². The SMILES string of the molecule is CN(CCOc1ccccc1F)C(=O)Cc1csc(-c2ccccc2)n1. The largest absolute Gasteiger partial charge is 0.489 e. The smallest absolute Gasteiger partial charge is 0.228 e. The number of para-hydroxylation sites is 1. The van der Waals surface area contributed by atoms with Crippen molar-refractivity contribution in [1.29, 1.82) is 0 Å². The van der Waals surface area contributed by atoms with Crippen molar-refractivity contribution in [1.82, 2.24) is 9.88 Å². The molecule has 0 atom stereocenters. The highest BCUT2D eigenvalue weighted by atomic mass is 32.1. The lowest BCUT2D eigenvalue weighted by Crippen LogP contribution is -2.32. The van der Waals surface area contributed by atoms with Crippen molar-refractivity contribution in [2.45, 2.75) is 6.42 Å². The van der Waals surface area contributed by atoms with Crippen LogP contribution in [0.3, 0.4) is 0 Å². The number of rotatable bonds is 7. The van der Waals surface area contributed by atoms with E-state index in [0.29, 0.717) is 6.54 Å². The average molecular weight is 370 g/mol. The first-order valence-electron chi connectivity index (χ1n) is 8.24. The zero-order valence-electron chi connectivity index (χ0n) is 14.4. The Balaban J connectivity index is 1.50. The lowest BCUT2D eigenvalue weighted by atomic mass is 10.2. The molecule has 3 aromatic rings. The van der Waals surface area contributed by atoms with Crippen molar-refractivity contribution < 1.29 is 13.9 Å². The Morgan fingerprint density at radius 2 is 1.88 bits per heavy atom. The Morgan fingerprint density at radius 3 is 2.65 bits per heavy atom. The Morgan fingerprint density at radius 1 is 1.15 bits per heavy atom. The summed E-state index contributed by atoms with van der Waals surface area (Å²) in [4.78, 5) is 18.4. The van der Waals surface area contributed by atoms with Crippen LogP contribution >= 0.6 is 11.3 Å². The van der Waals surface area contributed by atoms with Gasteiger partial charge in [-0.1, -0.05) is 42.5 Å². The van der Waals surface area contributed by atoms with Crippen LogP contribution in [0.1, 0.15) is 5.69 Å². The van der Waals surface area contributed by atoms with Crippen LogP contribution in [0.25, 0.3) is 10.6 Å². The van der Waals surface area contributed by atoms with Gasteiger partial charge in [-0.2, -0.15) is 0 Å². The van der Waals surface area contributed by atoms with Gasteiger partial charge in [0.1, 0.15) is 11.6 Å². The summed E-state index contributed by atoms with van der Waals surface area (Å²) < 4.78 is 18.9. The van der Waals surface area contributed by atoms with Crippen molar-refractivity contribution >= 4 is 17.2 Å². The number of nitrogens with zero attached hydrogens (tertiary/aromatic N) is 2. The van der Waals surface area contributed by atoms with Gasteiger partial charge >= 0.3 is 0 Å². The van der Waals surface area contributed by atoms with E-state index in [1.54, 1.807) is 30.1 Å². The Labute approximate surface area is 155 Å². The summed E-state index contributed by atoms with van der Waals surface area (Å²) in [6, 6.07) is 16.1. The fraction of sp³-hybridized carbons (Fsp3) is 0.200. The molecule has 1 heterocycles. The molecule has 0 fully saturated rings. The Bertz CT molecular complexity index is 867. The molecule has 6 heteroatoms. The van der Waals surface area contributed by atoms with Crippen molar-refractivity contribution in [3.8, 4) is 16.3 Å². The summed E-state index contributed by atoms with van der Waals surface area (Å²) >= 11 is 1.52. The second-order valence-corrected chi connectivity index (χ2v) is 6.64. The van der Waals surface area contributed by atoms with Gasteiger partial charge in [-0.25, -0.2) is 9.37 Å². The van der Waals surface area contributed by atoms with Crippen LogP contribution in [-0.2, 0) is 11.2 Å². The number of thiazole rings is 1. The van der Waals surface area contributed by atoms with E-state index >= 15 is 0 Å². The van der Waals surface area contributed by atoms with E-state index in [2.05, 4.69) is 4.98 Å². The molecule has 26 heavy (non-hydrogen) atoms. The summed E-state index contributed by atoms with van der Waals surface area (Å²) in [5.74, 6) is -0.259. The zero-order chi connectivity index (χ0) is 18.4. The highest BCUT2D eigenvalue weighted by Gasteiger charge is 2.13. The number of benzene rings is 2. The van der Waals surface area contributed by atoms with Crippen LogP contribution in [0.4, 0.5) is 4.39 Å². The minimum Gasteiger partial charge on any atom is -0.489 e. The third-order valence-electron chi connectivity index (χ3n) is 3.85. The minimum absolute atomic E-state index is 0.0490. The van der Waals surface area contributed by atoms with Gasteiger partial charge in [0.05, 0.1) is 18.7 Å². The topological polar surface area (TPSA) is 42.4 Å². The quantitative estimate of drug-likeness (QED) is 0.631. The summed E-state index contributed by atoms with van der Waals surface area (Å²) in [7, 11) is 1.71. The van der Waals surface area contributed by atoms with Gasteiger partial charge < -0.3 is 9.64 Å². The lowest BCUT2D eigenvalue weighted by molar-refractivity contribution is -0.129. The van der Waals surface area contributed by atoms with E-state index in [4.69, 9.17) is 4.74 Å². The summed E-state index contributed by atoms with van der Waals surface area (Å²) in [6.07, 6.45) is 0.236. The fourth-order valence-electron chi connectivity index (χ4n) is 2.37. The average Bonchev–Trinajstić information content (AvgIpc) is 3.12. The molecule has 0 bridgehead atoms. The van der Waals surface area contributed by atoms with E-state index in [0.717, 1.165) is 16.3 Å². The van der Waals surface area contributed by atoms with Crippen LogP contribution in [0.15, 0.2) is 60.0 Å². The standard InChI is InChI=1S/C20H19FN2O2S/c1-23(11-12-25-18-10-6-5-9-17(18)21)19(24)13-16-14-26-20(22-16)15-7-3-2-4-8-15/h2-10,14H,11-13H2,1H3. The Hall–Kier alpha value is -2.73. The molecule has 1 amide bonds. The monoisotopic (exact) mass is 370 g/mol. The number of hydrogen-bond acceptors (Lipinski definition) is 4. The predicted octanol–water partition coefficient (Wildman–Crippen LogP) is 4.03. The fourth-order valence-corrected chi connectivity index (χ4v) is 3.20. The normalized spacial score (nSPS) is 10.5. The molecule has 0 radical (unpaired) electrons. The van der Waals surface area contributed by atoms with E-state index in [1.165, 1.54) is 17.4 Å². The molecule has 0 N–H and O–H groups in total. The van der Waals surface area contributed by atoms with Crippen molar-refractivity contribution in [3.05, 3.63) is 71.5 Å². The third-order valence-corrected chi connectivity index (χ3v) is 4.79. The van der Waals surface area contributed by atoms with Crippen LogP contribution in [0.2, 0.25) is 0 Å². The minimum atomic E-state index is -0.405. The molecule has 0 unspecified atom stereocenters. The zero-order valence-corrected chi connectivity index (χ0v) is 15.2. The second-order valence-electron chi connectivity index (χ2n) is 5.78. The molecule has 1 aromatic heterocycles. The van der Waals surface area contributed by atoms with Gasteiger partial charge in [-0.05, 0) is 12.1 Å². The van der Waals surface area contributed by atoms with Gasteiger partial charge in [0.15, 0.2) is 11.6 Å². The second kappa shape index (κ2) is 8.58. The van der Waals surface area contributed by atoms with Crippen LogP contribution in [0, 0.1) is 5.82 Å². The maximum absolute atomic E-state index is 13.5. The molecule has 0 aliphatic rings. The molecule has 0 saturated carbocycles. The Kier molecular flexibility index (Phi) is 5.96. The number of carbonyl (C=O) groups is 1. The number of likely N-dealkylation sites (N-methyl/N-ethyl adjacent to an activating group) is 1. The van der Waals surface area contributed by atoms with Gasteiger partial charge in [-0.3, -0.25) is 4.79 Å². The van der Waals surface area contributed by atoms with Crippen LogP contribution in [0.5, 0.6) is 5.75 Å². The van der Waals surface area contributed by atoms with Gasteiger partial charge in [0, 0.05) is 18.0 Å². The molecule has 134 valence electrons. The molecular formula is C20H19FN2O2S. The van der Waals surface area contributed by atoms with E-state index in [1.807, 2.05) is 35.7 Å². The number of hydrogen-bond donors (Lipinski definition) is 0. The van der Waals surface area contributed by atoms with E-state index in [-0.39, 0.29) is 24.7 Å². The summed E-state index contributed by atoms with van der Waals surface area (Å²) in [6.45, 7) is 0.609. The molecule has 0 saturated heterocycles. The first kappa shape index (κ1) is 18.1. The van der Waals surface area contributed by atoms with E-state index in [9.17, 15) is 9.18 Å². The molecule has 2 aromatic carbocycles. The third kappa shape index (κ3) is 4.67. The number of halogens is 1. The molecular weight excluding hydrogens is 351 g/mol. The van der Waals surface area contributed by atoms with Crippen LogP contribution < -0.4 is 4.74 Å². The predicted molar refractivity (Wildman–Crippen MR) is 101 cm³/mol. The molecule has 4 nitrogen and oxygen atoms in total. The number of amides is 1. The first-order valence-corrected chi connectivity index (χ1v) is 9.12. The highest BCUT2D eigenvalue weighted by molar-refractivity contribution is 7.13. The lowest BCUT2D eigenvalue weighted by Gasteiger charge is -2.17. The number of ether oxygens (including phenoxy) is 1. The maximum atomic E-state index is 13.5. The summed E-state index contributed by atoms with van der Waals surface area (Å²) in [5.41, 5.74) is 1.79. The first-order chi connectivity index (χ1) is 12.6. The highest BCUT2D eigenvalue weighted by Crippen LogP contribution is 2.23. The van der Waals surface area contributed by atoms with Gasteiger partial charge in [0.2, 0.25) is 5.91 Å². The van der Waals surface area contributed by atoms with E-state index < -0.39 is 5.82 Å². The van der Waals surface area contributed by atoms with Crippen molar-refractivity contribution in [2.75, 3.05) is 20.2 Å². The summed E-state index contributed by atoms with van der Waals surface area (Å²) in [5, 5.41) is 2.81. The molecule has 0 spiro atoms. The van der Waals surface area contributed by atoms with Gasteiger partial charge in [0.25, 0.3) is 0 Å². The molecule has 0 aliphatic carbocycles. The van der Waals surface area contributed by atoms with Crippen LogP contribution in [-0.4, -0.2) is 36.0 Å². The number of aromatic nitrogens is 1. The molecule has 0 aliphatic heterocycles. The molecule has 3 rings (SSSR count). The number of carbonyl (C=O) groups excluding carboxylic acids is 1. The maximum Gasteiger partial charge on any atom is 0.228 e.